The van der Waals surface area contributed by atoms with Gasteiger partial charge < -0.3 is 14.4 Å². The number of benzene rings is 3. The van der Waals surface area contributed by atoms with E-state index in [0.29, 0.717) is 49.2 Å². The number of methoxy groups -OCH3 is 1. The number of rotatable bonds is 5. The van der Waals surface area contributed by atoms with E-state index >= 15 is 0 Å². The number of fused-ring (bicyclic) bond motifs is 1. The van der Waals surface area contributed by atoms with Gasteiger partial charge in [-0.3, -0.25) is 0 Å². The summed E-state index contributed by atoms with van der Waals surface area (Å²) in [6.07, 6.45) is 0. The van der Waals surface area contributed by atoms with Crippen molar-refractivity contribution in [2.75, 3.05) is 7.11 Å². The lowest BCUT2D eigenvalue weighted by atomic mass is 9.83. The molecule has 5 rings (SSSR count). The zero-order valence-electron chi connectivity index (χ0n) is 18.4. The van der Waals surface area contributed by atoms with E-state index in [1.165, 1.54) is 0 Å². The first-order chi connectivity index (χ1) is 16.4. The van der Waals surface area contributed by atoms with E-state index in [-0.39, 0.29) is 5.76 Å². The van der Waals surface area contributed by atoms with Crippen molar-refractivity contribution in [3.63, 3.8) is 0 Å². The molecule has 0 saturated heterocycles. The van der Waals surface area contributed by atoms with E-state index in [1.807, 2.05) is 36.4 Å². The molecule has 0 saturated carbocycles. The third-order valence-corrected chi connectivity index (χ3v) is 6.52. The molecule has 0 radical (unpaired) electrons. The van der Waals surface area contributed by atoms with Crippen molar-refractivity contribution in [2.45, 2.75) is 12.5 Å². The number of nitrogens with zero attached hydrogens (tertiary/aromatic N) is 2. The van der Waals surface area contributed by atoms with Gasteiger partial charge in [-0.1, -0.05) is 76.9 Å². The summed E-state index contributed by atoms with van der Waals surface area (Å²) in [5, 5.41) is 17.5. The minimum absolute atomic E-state index is 0.288. The Bertz CT molecular complexity index is 1480. The lowest BCUT2D eigenvalue weighted by Gasteiger charge is -2.27. The number of ether oxygens (including phenoxy) is 1. The van der Waals surface area contributed by atoms with Crippen LogP contribution >= 0.6 is 23.2 Å². The van der Waals surface area contributed by atoms with E-state index in [2.05, 4.69) is 10.1 Å². The molecular formula is C27H20Cl2N2O3. The normalized spacial score (nSPS) is 13.1. The Morgan fingerprint density at radius 3 is 2.26 bits per heavy atom. The number of halogens is 2. The topological polar surface area (TPSA) is 68.4 Å². The SMILES string of the molecule is COc1ccc(C(O)(c2ccc3nc(Cl)c(-c4ccccc4)c(Cl)c3c2)c2cc(C)no2)cc1. The molecule has 7 heteroatoms. The maximum atomic E-state index is 12.1. The van der Waals surface area contributed by atoms with Crippen molar-refractivity contribution >= 4 is 34.1 Å². The zero-order valence-corrected chi connectivity index (χ0v) is 19.9. The summed E-state index contributed by atoms with van der Waals surface area (Å²) >= 11 is 13.4. The van der Waals surface area contributed by atoms with Crippen LogP contribution in [0.4, 0.5) is 0 Å². The fourth-order valence-corrected chi connectivity index (χ4v) is 4.78. The van der Waals surface area contributed by atoms with Gasteiger partial charge in [-0.25, -0.2) is 4.98 Å². The Labute approximate surface area is 206 Å². The molecule has 0 aliphatic carbocycles. The molecular weight excluding hydrogens is 471 g/mol. The Balaban J connectivity index is 1.75. The molecule has 34 heavy (non-hydrogen) atoms. The first-order valence-electron chi connectivity index (χ1n) is 10.6. The van der Waals surface area contributed by atoms with Gasteiger partial charge in [-0.15, -0.1) is 0 Å². The lowest BCUT2D eigenvalue weighted by Crippen LogP contribution is -2.28. The van der Waals surface area contributed by atoms with Gasteiger partial charge in [0.15, 0.2) is 11.4 Å². The number of pyridine rings is 1. The summed E-state index contributed by atoms with van der Waals surface area (Å²) < 4.78 is 10.8. The standard InChI is InChI=1S/C27H20Cl2N2O3/c1-16-14-23(34-31-16)27(32,18-8-11-20(33-2)12-9-18)19-10-13-22-21(15-19)25(28)24(26(29)30-22)17-6-4-3-5-7-17/h3-15,32H,1-2H3. The molecule has 2 aromatic heterocycles. The van der Waals surface area contributed by atoms with Crippen LogP contribution in [-0.4, -0.2) is 22.4 Å². The van der Waals surface area contributed by atoms with Gasteiger partial charge in [-0.2, -0.15) is 0 Å². The molecule has 170 valence electrons. The molecule has 0 amide bonds. The van der Waals surface area contributed by atoms with Crippen molar-refractivity contribution in [3.8, 4) is 16.9 Å². The minimum atomic E-state index is -1.63. The molecule has 5 aromatic rings. The number of aromatic nitrogens is 2. The minimum Gasteiger partial charge on any atom is -0.497 e. The highest BCUT2D eigenvalue weighted by Crippen LogP contribution is 2.42. The van der Waals surface area contributed by atoms with E-state index in [1.54, 1.807) is 56.5 Å². The second kappa shape index (κ2) is 8.76. The van der Waals surface area contributed by atoms with Crippen LogP contribution in [0.5, 0.6) is 5.75 Å². The Kier molecular flexibility index (Phi) is 5.78. The number of aliphatic hydroxyl groups is 1. The summed E-state index contributed by atoms with van der Waals surface area (Å²) in [5.74, 6) is 0.962. The van der Waals surface area contributed by atoms with Crippen molar-refractivity contribution in [3.05, 3.63) is 112 Å². The van der Waals surface area contributed by atoms with Gasteiger partial charge >= 0.3 is 0 Å². The summed E-state index contributed by atoms with van der Waals surface area (Å²) in [5.41, 5.74) is 2.27. The van der Waals surface area contributed by atoms with Crippen LogP contribution in [0.1, 0.15) is 22.6 Å². The van der Waals surface area contributed by atoms with Crippen LogP contribution in [0.25, 0.3) is 22.0 Å². The quantitative estimate of drug-likeness (QED) is 0.274. The smallest absolute Gasteiger partial charge is 0.177 e. The number of hydrogen-bond acceptors (Lipinski definition) is 5. The molecule has 5 nitrogen and oxygen atoms in total. The lowest BCUT2D eigenvalue weighted by molar-refractivity contribution is 0.0908. The van der Waals surface area contributed by atoms with Crippen LogP contribution in [0, 0.1) is 6.92 Å². The first kappa shape index (κ1) is 22.4. The fraction of sp³-hybridized carbons (Fsp3) is 0.111. The van der Waals surface area contributed by atoms with Crippen LogP contribution in [0.3, 0.4) is 0 Å². The summed E-state index contributed by atoms with van der Waals surface area (Å²) in [6, 6.07) is 23.8. The highest BCUT2D eigenvalue weighted by atomic mass is 35.5. The van der Waals surface area contributed by atoms with Gasteiger partial charge in [0, 0.05) is 17.0 Å². The molecule has 0 aliphatic heterocycles. The van der Waals surface area contributed by atoms with Crippen LogP contribution in [-0.2, 0) is 5.60 Å². The third-order valence-electron chi connectivity index (χ3n) is 5.85. The van der Waals surface area contributed by atoms with Crippen molar-refractivity contribution < 1.29 is 14.4 Å². The maximum absolute atomic E-state index is 12.1. The Morgan fingerprint density at radius 1 is 0.912 bits per heavy atom. The van der Waals surface area contributed by atoms with E-state index in [4.69, 9.17) is 32.5 Å². The second-order valence-electron chi connectivity index (χ2n) is 7.96. The van der Waals surface area contributed by atoms with E-state index in [0.717, 1.165) is 5.56 Å². The predicted octanol–water partition coefficient (Wildman–Crippen LogP) is 6.80. The average molecular weight is 491 g/mol. The maximum Gasteiger partial charge on any atom is 0.177 e. The molecule has 1 N–H and O–H groups in total. The molecule has 1 unspecified atom stereocenters. The van der Waals surface area contributed by atoms with Gasteiger partial charge in [-0.05, 0) is 47.9 Å². The average Bonchev–Trinajstić information content (AvgIpc) is 3.31. The number of aryl methyl sites for hydroxylation is 1. The Hall–Kier alpha value is -3.38. The predicted molar refractivity (Wildman–Crippen MR) is 134 cm³/mol. The van der Waals surface area contributed by atoms with Crippen LogP contribution in [0.15, 0.2) is 83.4 Å². The van der Waals surface area contributed by atoms with Gasteiger partial charge in [0.05, 0.1) is 23.3 Å². The summed E-state index contributed by atoms with van der Waals surface area (Å²) in [6.45, 7) is 1.80. The van der Waals surface area contributed by atoms with Gasteiger partial charge in [0.25, 0.3) is 0 Å². The highest BCUT2D eigenvalue weighted by molar-refractivity contribution is 6.42. The van der Waals surface area contributed by atoms with Crippen LogP contribution in [0.2, 0.25) is 10.2 Å². The number of hydrogen-bond donors (Lipinski definition) is 1. The van der Waals surface area contributed by atoms with Gasteiger partial charge in [0.1, 0.15) is 10.9 Å². The van der Waals surface area contributed by atoms with Crippen molar-refractivity contribution in [1.82, 2.24) is 10.1 Å². The van der Waals surface area contributed by atoms with Crippen molar-refractivity contribution in [1.29, 1.82) is 0 Å². The molecule has 0 aliphatic rings. The molecule has 0 bridgehead atoms. The van der Waals surface area contributed by atoms with Crippen LogP contribution < -0.4 is 4.74 Å². The first-order valence-corrected chi connectivity index (χ1v) is 11.3. The Morgan fingerprint density at radius 2 is 1.62 bits per heavy atom. The largest absolute Gasteiger partial charge is 0.497 e. The fourth-order valence-electron chi connectivity index (χ4n) is 4.09. The molecule has 1 atom stereocenters. The third kappa shape index (κ3) is 3.72. The molecule has 0 fully saturated rings. The second-order valence-corrected chi connectivity index (χ2v) is 8.70. The monoisotopic (exact) mass is 490 g/mol. The van der Waals surface area contributed by atoms with Crippen molar-refractivity contribution in [2.24, 2.45) is 0 Å². The van der Waals surface area contributed by atoms with E-state index < -0.39 is 5.60 Å². The summed E-state index contributed by atoms with van der Waals surface area (Å²) in [7, 11) is 1.59. The molecule has 0 spiro atoms. The van der Waals surface area contributed by atoms with E-state index in [9.17, 15) is 5.11 Å². The van der Waals surface area contributed by atoms with Gasteiger partial charge in [0.2, 0.25) is 0 Å². The summed E-state index contributed by atoms with van der Waals surface area (Å²) in [4.78, 5) is 4.56. The molecule has 2 heterocycles. The highest BCUT2D eigenvalue weighted by Gasteiger charge is 2.38. The molecule has 3 aromatic carbocycles. The zero-order chi connectivity index (χ0) is 23.9.